The number of hydrogen-bond acceptors (Lipinski definition) is 5. The first-order valence-electron chi connectivity index (χ1n) is 4.92. The summed E-state index contributed by atoms with van der Waals surface area (Å²) in [5.74, 6) is -1.25. The Hall–Kier alpha value is -1.24. The van der Waals surface area contributed by atoms with Crippen molar-refractivity contribution < 1.29 is 44.3 Å². The first-order chi connectivity index (χ1) is 7.99. The van der Waals surface area contributed by atoms with Crippen LogP contribution in [0.2, 0.25) is 0 Å². The second-order valence-corrected chi connectivity index (χ2v) is 3.48. The Morgan fingerprint density at radius 2 is 1.83 bits per heavy atom. The molecule has 6 nitrogen and oxygen atoms in total. The van der Waals surface area contributed by atoms with Crippen molar-refractivity contribution in [3.05, 3.63) is 29.8 Å². The molecular weight excluding hydrogens is 245 g/mol. The minimum absolute atomic E-state index is 0. The average Bonchev–Trinajstić information content (AvgIpc) is 2.26. The molecule has 0 aromatic heterocycles. The molecule has 0 aliphatic heterocycles. The Morgan fingerprint density at radius 3 is 2.28 bits per heavy atom. The minimum atomic E-state index is -1.22. The van der Waals surface area contributed by atoms with E-state index in [1.807, 2.05) is 0 Å². The van der Waals surface area contributed by atoms with Gasteiger partial charge in [0.1, 0.15) is 0 Å². The molecule has 0 radical (unpaired) electrons. The molecule has 0 aliphatic rings. The number of carbonyl (C=O) groups is 2. The molecule has 90 valence electrons. The van der Waals surface area contributed by atoms with Gasteiger partial charge in [0.2, 0.25) is 0 Å². The zero-order chi connectivity index (χ0) is 12.8. The Morgan fingerprint density at radius 1 is 1.28 bits per heavy atom. The third-order valence-electron chi connectivity index (χ3n) is 1.94. The molecule has 0 fully saturated rings. The average molecular weight is 257 g/mol. The Labute approximate surface area is 127 Å². The predicted octanol–water partition coefficient (Wildman–Crippen LogP) is -2.43. The second kappa shape index (κ2) is 7.97. The summed E-state index contributed by atoms with van der Waals surface area (Å²) in [5.41, 5.74) is 1.13. The van der Waals surface area contributed by atoms with Crippen LogP contribution < -0.4 is 34.7 Å². The molecular formula is C11H12N3NaO3. The van der Waals surface area contributed by atoms with Gasteiger partial charge in [-0.05, 0) is 31.2 Å². The molecule has 0 aliphatic carbocycles. The summed E-state index contributed by atoms with van der Waals surface area (Å²) in [5, 5.41) is 18.9. The number of likely N-dealkylation sites (N-methyl/N-ethyl adjacent to an activating group) is 1. The van der Waals surface area contributed by atoms with Crippen LogP contribution in [0.4, 0.5) is 5.69 Å². The van der Waals surface area contributed by atoms with Crippen molar-refractivity contribution in [2.45, 2.75) is 6.92 Å². The molecule has 0 saturated carbocycles. The van der Waals surface area contributed by atoms with E-state index in [1.54, 1.807) is 24.3 Å². The van der Waals surface area contributed by atoms with Crippen LogP contribution in [-0.2, 0) is 4.79 Å². The SMILES string of the molecule is CC(=O)c1ccc(N=NN(C)CC(=O)[O-])cc1.[Na+]. The van der Waals surface area contributed by atoms with Crippen LogP contribution in [-0.4, -0.2) is 30.4 Å². The monoisotopic (exact) mass is 257 g/mol. The fraction of sp³-hybridized carbons (Fsp3) is 0.273. The summed E-state index contributed by atoms with van der Waals surface area (Å²) in [7, 11) is 1.48. The van der Waals surface area contributed by atoms with Gasteiger partial charge in [-0.3, -0.25) is 9.80 Å². The quantitative estimate of drug-likeness (QED) is 0.254. The number of hydrogen-bond donors (Lipinski definition) is 0. The van der Waals surface area contributed by atoms with Crippen molar-refractivity contribution >= 4 is 17.4 Å². The third-order valence-corrected chi connectivity index (χ3v) is 1.94. The van der Waals surface area contributed by atoms with E-state index in [4.69, 9.17) is 0 Å². The van der Waals surface area contributed by atoms with E-state index in [2.05, 4.69) is 10.3 Å². The maximum absolute atomic E-state index is 11.0. The zero-order valence-electron chi connectivity index (χ0n) is 10.6. The number of aliphatic carboxylic acids is 1. The van der Waals surface area contributed by atoms with Crippen LogP contribution in [0.15, 0.2) is 34.6 Å². The minimum Gasteiger partial charge on any atom is -0.548 e. The molecule has 0 atom stereocenters. The van der Waals surface area contributed by atoms with Gasteiger partial charge in [-0.25, -0.2) is 0 Å². The van der Waals surface area contributed by atoms with Gasteiger partial charge >= 0.3 is 29.6 Å². The van der Waals surface area contributed by atoms with E-state index in [-0.39, 0.29) is 41.9 Å². The molecule has 0 unspecified atom stereocenters. The summed E-state index contributed by atoms with van der Waals surface area (Å²) in [6.45, 7) is 1.15. The number of carboxylic acid groups (broad SMARTS) is 1. The molecule has 0 amide bonds. The fourth-order valence-corrected chi connectivity index (χ4v) is 1.11. The van der Waals surface area contributed by atoms with Crippen molar-refractivity contribution in [2.75, 3.05) is 13.6 Å². The third kappa shape index (κ3) is 5.90. The van der Waals surface area contributed by atoms with E-state index in [1.165, 1.54) is 14.0 Å². The summed E-state index contributed by atoms with van der Waals surface area (Å²) in [6, 6.07) is 6.53. The van der Waals surface area contributed by atoms with Crippen LogP contribution >= 0.6 is 0 Å². The van der Waals surface area contributed by atoms with Crippen molar-refractivity contribution in [1.82, 2.24) is 5.01 Å². The van der Waals surface area contributed by atoms with E-state index < -0.39 is 5.97 Å². The van der Waals surface area contributed by atoms with Gasteiger partial charge in [0.05, 0.1) is 18.2 Å². The predicted molar refractivity (Wildman–Crippen MR) is 58.6 cm³/mol. The van der Waals surface area contributed by atoms with E-state index in [0.717, 1.165) is 5.01 Å². The van der Waals surface area contributed by atoms with Gasteiger partial charge in [0.25, 0.3) is 0 Å². The van der Waals surface area contributed by atoms with Crippen LogP contribution in [0.5, 0.6) is 0 Å². The van der Waals surface area contributed by atoms with Gasteiger partial charge in [0.15, 0.2) is 5.78 Å². The molecule has 0 spiro atoms. The number of carbonyl (C=O) groups excluding carboxylic acids is 2. The van der Waals surface area contributed by atoms with E-state index >= 15 is 0 Å². The molecule has 1 aromatic carbocycles. The maximum atomic E-state index is 11.0. The van der Waals surface area contributed by atoms with Crippen LogP contribution in [0, 0.1) is 0 Å². The summed E-state index contributed by atoms with van der Waals surface area (Å²) >= 11 is 0. The number of rotatable bonds is 5. The molecule has 0 bridgehead atoms. The van der Waals surface area contributed by atoms with E-state index in [0.29, 0.717) is 11.3 Å². The van der Waals surface area contributed by atoms with Gasteiger partial charge < -0.3 is 9.90 Å². The van der Waals surface area contributed by atoms with Crippen molar-refractivity contribution in [1.29, 1.82) is 0 Å². The Balaban J connectivity index is 0.00000289. The normalized spacial score (nSPS) is 9.89. The molecule has 1 rings (SSSR count). The van der Waals surface area contributed by atoms with Crippen molar-refractivity contribution in [3.8, 4) is 0 Å². The van der Waals surface area contributed by atoms with Gasteiger partial charge in [-0.1, -0.05) is 5.22 Å². The molecule has 18 heavy (non-hydrogen) atoms. The zero-order valence-corrected chi connectivity index (χ0v) is 12.6. The first-order valence-corrected chi connectivity index (χ1v) is 4.92. The van der Waals surface area contributed by atoms with Crippen LogP contribution in [0.3, 0.4) is 0 Å². The number of ketones is 1. The molecule has 1 aromatic rings. The van der Waals surface area contributed by atoms with Gasteiger partial charge in [0, 0.05) is 12.6 Å². The number of carboxylic acids is 1. The molecule has 0 N–H and O–H groups in total. The topological polar surface area (TPSA) is 85.2 Å². The van der Waals surface area contributed by atoms with Gasteiger partial charge in [-0.2, -0.15) is 0 Å². The Kier molecular flexibility index (Phi) is 7.42. The Bertz CT molecular complexity index is 445. The number of benzene rings is 1. The first kappa shape index (κ1) is 16.8. The largest absolute Gasteiger partial charge is 1.00 e. The standard InChI is InChI=1S/C11H13N3O3.Na/c1-8(15)9-3-5-10(6-4-9)12-13-14(2)7-11(16)17;/h3-6H,7H2,1-2H3,(H,16,17);/q;+1/p-1. The van der Waals surface area contributed by atoms with Crippen LogP contribution in [0.1, 0.15) is 17.3 Å². The number of Topliss-reactive ketones (excluding diaryl/α,β-unsaturated/α-hetero) is 1. The summed E-state index contributed by atoms with van der Waals surface area (Å²) in [4.78, 5) is 21.3. The second-order valence-electron chi connectivity index (χ2n) is 3.48. The molecule has 0 heterocycles. The van der Waals surface area contributed by atoms with E-state index in [9.17, 15) is 14.7 Å². The molecule has 0 saturated heterocycles. The smallest absolute Gasteiger partial charge is 0.548 e. The summed E-state index contributed by atoms with van der Waals surface area (Å²) in [6.07, 6.45) is 0. The van der Waals surface area contributed by atoms with Crippen molar-refractivity contribution in [3.63, 3.8) is 0 Å². The number of nitrogens with zero attached hydrogens (tertiary/aromatic N) is 3. The maximum Gasteiger partial charge on any atom is 1.00 e. The summed E-state index contributed by atoms with van der Waals surface area (Å²) < 4.78 is 0. The van der Waals surface area contributed by atoms with Crippen LogP contribution in [0.25, 0.3) is 0 Å². The van der Waals surface area contributed by atoms with Crippen molar-refractivity contribution in [2.24, 2.45) is 10.3 Å². The fourth-order valence-electron chi connectivity index (χ4n) is 1.11. The molecule has 7 heteroatoms. The van der Waals surface area contributed by atoms with Gasteiger partial charge in [-0.15, -0.1) is 5.11 Å².